The minimum Gasteiger partial charge on any atom is -0.143 e. The average molecular weight is 324 g/mol. The summed E-state index contributed by atoms with van der Waals surface area (Å²) in [5.41, 5.74) is 2.57. The Morgan fingerprint density at radius 3 is 1.57 bits per heavy atom. The maximum Gasteiger partial charge on any atom is 0.0402 e. The Bertz CT molecular complexity index is 849. The summed E-state index contributed by atoms with van der Waals surface area (Å²) in [6.07, 6.45) is 0. The zero-order chi connectivity index (χ0) is 14.4. The Hall–Kier alpha value is -1.34. The first-order valence-corrected chi connectivity index (χ1v) is 10.1. The molecule has 21 heavy (non-hydrogen) atoms. The third-order valence-electron chi connectivity index (χ3n) is 4.00. The van der Waals surface area contributed by atoms with Gasteiger partial charge < -0.3 is 0 Å². The molecule has 0 fully saturated rings. The third kappa shape index (κ3) is 1.80. The van der Waals surface area contributed by atoms with Crippen LogP contribution in [0.1, 0.15) is 0 Å². The maximum absolute atomic E-state index is 6.29. The second-order valence-electron chi connectivity index (χ2n) is 5.13. The summed E-state index contributed by atoms with van der Waals surface area (Å²) >= 11 is 11.0. The standard InChI is InChI=1S/C18H13PS2/c20-18-12-6-5-11-17(18)19(21)15-9-3-1-7-13(15)14-8-2-4-10-16(14)19/h1-12,20H. The molecule has 0 atom stereocenters. The molecule has 0 spiro atoms. The fraction of sp³-hybridized carbons (Fsp3) is 0. The van der Waals surface area contributed by atoms with Crippen molar-refractivity contribution >= 4 is 46.4 Å². The van der Waals surface area contributed by atoms with E-state index in [1.54, 1.807) is 0 Å². The van der Waals surface area contributed by atoms with Crippen molar-refractivity contribution in [3.05, 3.63) is 72.8 Å². The van der Waals surface area contributed by atoms with Gasteiger partial charge in [-0.1, -0.05) is 78.5 Å². The molecular weight excluding hydrogens is 311 g/mol. The zero-order valence-corrected chi connectivity index (χ0v) is 13.8. The van der Waals surface area contributed by atoms with Crippen molar-refractivity contribution < 1.29 is 0 Å². The molecule has 0 N–H and O–H groups in total. The average Bonchev–Trinajstić information content (AvgIpc) is 2.79. The van der Waals surface area contributed by atoms with Crippen LogP contribution in [0.15, 0.2) is 77.7 Å². The molecular formula is C18H13PS2. The van der Waals surface area contributed by atoms with Gasteiger partial charge in [0.1, 0.15) is 0 Å². The summed E-state index contributed by atoms with van der Waals surface area (Å²) in [7, 11) is 0. The van der Waals surface area contributed by atoms with Crippen molar-refractivity contribution in [2.24, 2.45) is 0 Å². The molecule has 0 saturated heterocycles. The van der Waals surface area contributed by atoms with Gasteiger partial charge >= 0.3 is 0 Å². The van der Waals surface area contributed by atoms with Gasteiger partial charge in [-0.05, 0) is 17.2 Å². The molecule has 3 aromatic rings. The minimum absolute atomic E-state index is 0.993. The molecule has 0 unspecified atom stereocenters. The Morgan fingerprint density at radius 1 is 0.619 bits per heavy atom. The first kappa shape index (κ1) is 13.3. The molecule has 0 nitrogen and oxygen atoms in total. The summed E-state index contributed by atoms with van der Waals surface area (Å²) in [6, 6.07) is 23.4. The predicted octanol–water partition coefficient (Wildman–Crippen LogP) is 3.71. The summed E-state index contributed by atoms with van der Waals surface area (Å²) in [4.78, 5) is 0.993. The van der Waals surface area contributed by atoms with Crippen molar-refractivity contribution in [1.82, 2.24) is 0 Å². The van der Waals surface area contributed by atoms with Gasteiger partial charge in [0.15, 0.2) is 0 Å². The lowest BCUT2D eigenvalue weighted by Crippen LogP contribution is -2.21. The van der Waals surface area contributed by atoms with Crippen LogP contribution in [-0.2, 0) is 11.8 Å². The van der Waals surface area contributed by atoms with Crippen LogP contribution in [0, 0.1) is 0 Å². The van der Waals surface area contributed by atoms with Gasteiger partial charge in [-0.25, -0.2) is 0 Å². The second kappa shape index (κ2) is 4.84. The lowest BCUT2D eigenvalue weighted by Gasteiger charge is -2.21. The van der Waals surface area contributed by atoms with Crippen LogP contribution in [0.4, 0.5) is 0 Å². The van der Waals surface area contributed by atoms with Crippen molar-refractivity contribution in [1.29, 1.82) is 0 Å². The highest BCUT2D eigenvalue weighted by molar-refractivity contribution is 8.26. The molecule has 0 saturated carbocycles. The van der Waals surface area contributed by atoms with E-state index in [4.69, 9.17) is 11.8 Å². The van der Waals surface area contributed by atoms with E-state index < -0.39 is 6.04 Å². The number of benzene rings is 3. The van der Waals surface area contributed by atoms with Gasteiger partial charge in [-0.2, -0.15) is 0 Å². The number of hydrogen-bond donors (Lipinski definition) is 1. The van der Waals surface area contributed by atoms with Crippen LogP contribution in [0.2, 0.25) is 0 Å². The van der Waals surface area contributed by atoms with E-state index in [1.165, 1.54) is 27.0 Å². The zero-order valence-electron chi connectivity index (χ0n) is 11.2. The highest BCUT2D eigenvalue weighted by Crippen LogP contribution is 2.53. The summed E-state index contributed by atoms with van der Waals surface area (Å²) < 4.78 is 0. The summed E-state index contributed by atoms with van der Waals surface area (Å²) in [6.45, 7) is 0. The van der Waals surface area contributed by atoms with E-state index in [-0.39, 0.29) is 0 Å². The molecule has 102 valence electrons. The normalized spacial score (nSPS) is 14.5. The lowest BCUT2D eigenvalue weighted by molar-refractivity contribution is 1.54. The number of fused-ring (bicyclic) bond motifs is 3. The third-order valence-corrected chi connectivity index (χ3v) is 9.54. The monoisotopic (exact) mass is 324 g/mol. The van der Waals surface area contributed by atoms with Gasteiger partial charge in [0.05, 0.1) is 0 Å². The van der Waals surface area contributed by atoms with Crippen molar-refractivity contribution in [2.75, 3.05) is 0 Å². The molecule has 1 aliphatic heterocycles. The van der Waals surface area contributed by atoms with Gasteiger partial charge in [0, 0.05) is 26.8 Å². The SMILES string of the molecule is S=P1(c2ccccc2S)c2ccccc2-c2ccccc21. The molecule has 0 radical (unpaired) electrons. The molecule has 3 aromatic carbocycles. The Labute approximate surface area is 135 Å². The number of rotatable bonds is 1. The molecule has 4 rings (SSSR count). The van der Waals surface area contributed by atoms with Crippen LogP contribution in [-0.4, -0.2) is 0 Å². The molecule has 1 aliphatic rings. The smallest absolute Gasteiger partial charge is 0.0402 e. The van der Waals surface area contributed by atoms with Crippen LogP contribution in [0.5, 0.6) is 0 Å². The van der Waals surface area contributed by atoms with E-state index in [0.717, 1.165) is 4.90 Å². The van der Waals surface area contributed by atoms with Crippen LogP contribution in [0.25, 0.3) is 11.1 Å². The number of hydrogen-bond acceptors (Lipinski definition) is 2. The summed E-state index contributed by atoms with van der Waals surface area (Å²) in [5, 5.41) is 3.78. The maximum atomic E-state index is 6.29. The van der Waals surface area contributed by atoms with E-state index in [0.29, 0.717) is 0 Å². The number of thiol groups is 1. The Balaban J connectivity index is 2.15. The van der Waals surface area contributed by atoms with E-state index in [1.807, 2.05) is 12.1 Å². The van der Waals surface area contributed by atoms with Gasteiger partial charge in [0.2, 0.25) is 0 Å². The molecule has 1 heterocycles. The van der Waals surface area contributed by atoms with Crippen molar-refractivity contribution in [2.45, 2.75) is 4.90 Å². The molecule has 0 aliphatic carbocycles. The highest BCUT2D eigenvalue weighted by Gasteiger charge is 2.36. The summed E-state index contributed by atoms with van der Waals surface area (Å²) in [5.74, 6) is 0. The topological polar surface area (TPSA) is 0 Å². The lowest BCUT2D eigenvalue weighted by atomic mass is 10.1. The molecule has 0 bridgehead atoms. The van der Waals surface area contributed by atoms with Crippen LogP contribution < -0.4 is 15.9 Å². The second-order valence-corrected chi connectivity index (χ2v) is 9.92. The van der Waals surface area contributed by atoms with Gasteiger partial charge in [-0.15, -0.1) is 12.6 Å². The fourth-order valence-electron chi connectivity index (χ4n) is 3.07. The van der Waals surface area contributed by atoms with Crippen LogP contribution in [0.3, 0.4) is 0 Å². The van der Waals surface area contributed by atoms with Gasteiger partial charge in [0.25, 0.3) is 0 Å². The Kier molecular flexibility index (Phi) is 3.08. The van der Waals surface area contributed by atoms with E-state index in [2.05, 4.69) is 73.3 Å². The first-order valence-electron chi connectivity index (χ1n) is 6.81. The Morgan fingerprint density at radius 2 is 1.05 bits per heavy atom. The highest BCUT2D eigenvalue weighted by atomic mass is 32.4. The molecule has 0 aromatic heterocycles. The van der Waals surface area contributed by atoms with Crippen molar-refractivity contribution in [3.8, 4) is 11.1 Å². The quantitative estimate of drug-likeness (QED) is 0.411. The molecule has 0 amide bonds. The van der Waals surface area contributed by atoms with Gasteiger partial charge in [-0.3, -0.25) is 0 Å². The minimum atomic E-state index is -1.98. The van der Waals surface area contributed by atoms with E-state index in [9.17, 15) is 0 Å². The van der Waals surface area contributed by atoms with Crippen LogP contribution >= 0.6 is 18.7 Å². The fourth-order valence-corrected chi connectivity index (χ4v) is 8.45. The van der Waals surface area contributed by atoms with Crippen molar-refractivity contribution in [3.63, 3.8) is 0 Å². The first-order chi connectivity index (χ1) is 10.2. The van der Waals surface area contributed by atoms with E-state index >= 15 is 0 Å². The predicted molar refractivity (Wildman–Crippen MR) is 98.8 cm³/mol. The largest absolute Gasteiger partial charge is 0.143 e. The molecule has 3 heteroatoms.